The zero-order valence-electron chi connectivity index (χ0n) is 10.1. The topological polar surface area (TPSA) is 34.8 Å². The van der Waals surface area contributed by atoms with Crippen LogP contribution in [-0.4, -0.2) is 9.55 Å². The average Bonchev–Trinajstić information content (AvgIpc) is 2.99. The van der Waals surface area contributed by atoms with Gasteiger partial charge in [-0.1, -0.05) is 12.1 Å². The highest BCUT2D eigenvalue weighted by Crippen LogP contribution is 2.35. The number of benzene rings is 1. The standard InChI is InChI=1S/C15H10N3O/c1-3-10-13-11(4-1)19-12-5-2-7-17(14(12)13)9-18-8-6-16-15(10)18/h1-8H,9H2/q+1. The minimum atomic E-state index is 0.760. The Morgan fingerprint density at radius 3 is 3.11 bits per heavy atom. The van der Waals surface area contributed by atoms with E-state index in [9.17, 15) is 0 Å². The molecule has 5 rings (SSSR count). The van der Waals surface area contributed by atoms with Crippen LogP contribution in [-0.2, 0) is 6.67 Å². The van der Waals surface area contributed by atoms with Crippen molar-refractivity contribution in [3.8, 4) is 11.4 Å². The quantitative estimate of drug-likeness (QED) is 0.395. The summed E-state index contributed by atoms with van der Waals surface area (Å²) in [6, 6.07) is 10.2. The van der Waals surface area contributed by atoms with E-state index in [1.807, 2.05) is 36.7 Å². The third-order valence-electron chi connectivity index (χ3n) is 3.78. The Kier molecular flexibility index (Phi) is 1.49. The van der Waals surface area contributed by atoms with Gasteiger partial charge in [-0.05, 0) is 12.1 Å². The lowest BCUT2D eigenvalue weighted by Crippen LogP contribution is -2.36. The van der Waals surface area contributed by atoms with Gasteiger partial charge in [-0.15, -0.1) is 0 Å². The van der Waals surface area contributed by atoms with Gasteiger partial charge in [0.1, 0.15) is 16.8 Å². The fourth-order valence-electron chi connectivity index (χ4n) is 2.99. The molecule has 1 aliphatic rings. The lowest BCUT2D eigenvalue weighted by molar-refractivity contribution is -0.675. The molecule has 4 heteroatoms. The van der Waals surface area contributed by atoms with E-state index < -0.39 is 0 Å². The molecule has 3 aromatic heterocycles. The molecule has 0 N–H and O–H groups in total. The van der Waals surface area contributed by atoms with Crippen molar-refractivity contribution < 1.29 is 8.98 Å². The summed E-state index contributed by atoms with van der Waals surface area (Å²) >= 11 is 0. The summed E-state index contributed by atoms with van der Waals surface area (Å²) in [6.45, 7) is 0.760. The molecule has 0 unspecified atom stereocenters. The van der Waals surface area contributed by atoms with E-state index in [1.54, 1.807) is 0 Å². The molecule has 0 amide bonds. The van der Waals surface area contributed by atoms with Crippen LogP contribution in [0.2, 0.25) is 0 Å². The second-order valence-corrected chi connectivity index (χ2v) is 4.83. The van der Waals surface area contributed by atoms with E-state index in [1.165, 1.54) is 0 Å². The third-order valence-corrected chi connectivity index (χ3v) is 3.78. The number of nitrogens with zero attached hydrogens (tertiary/aromatic N) is 3. The molecule has 0 aliphatic carbocycles. The fourth-order valence-corrected chi connectivity index (χ4v) is 2.99. The Labute approximate surface area is 108 Å². The molecular formula is C15H10N3O+. The number of imidazole rings is 1. The predicted molar refractivity (Wildman–Crippen MR) is 70.5 cm³/mol. The number of hydrogen-bond acceptors (Lipinski definition) is 2. The minimum absolute atomic E-state index is 0.760. The van der Waals surface area contributed by atoms with Gasteiger partial charge in [-0.3, -0.25) is 4.57 Å². The second kappa shape index (κ2) is 3.03. The van der Waals surface area contributed by atoms with Crippen molar-refractivity contribution >= 4 is 22.1 Å². The van der Waals surface area contributed by atoms with E-state index in [0.717, 1.165) is 40.1 Å². The summed E-state index contributed by atoms with van der Waals surface area (Å²) in [5.41, 5.74) is 4.14. The molecule has 4 nitrogen and oxygen atoms in total. The van der Waals surface area contributed by atoms with Gasteiger partial charge in [0.2, 0.25) is 6.67 Å². The van der Waals surface area contributed by atoms with Gasteiger partial charge in [0, 0.05) is 24.0 Å². The van der Waals surface area contributed by atoms with Crippen molar-refractivity contribution in [2.24, 2.45) is 0 Å². The lowest BCUT2D eigenvalue weighted by atomic mass is 10.1. The molecule has 0 saturated heterocycles. The highest BCUT2D eigenvalue weighted by atomic mass is 16.3. The van der Waals surface area contributed by atoms with Crippen molar-refractivity contribution in [3.63, 3.8) is 0 Å². The molecule has 19 heavy (non-hydrogen) atoms. The maximum absolute atomic E-state index is 5.94. The van der Waals surface area contributed by atoms with Crippen molar-refractivity contribution in [3.05, 3.63) is 48.9 Å². The van der Waals surface area contributed by atoms with Crippen LogP contribution in [0, 0.1) is 0 Å². The van der Waals surface area contributed by atoms with Gasteiger partial charge in [0.15, 0.2) is 11.8 Å². The Morgan fingerprint density at radius 1 is 1.16 bits per heavy atom. The Morgan fingerprint density at radius 2 is 2.11 bits per heavy atom. The first-order valence-electron chi connectivity index (χ1n) is 6.27. The second-order valence-electron chi connectivity index (χ2n) is 4.83. The highest BCUT2D eigenvalue weighted by Gasteiger charge is 2.26. The Hall–Kier alpha value is -2.62. The van der Waals surface area contributed by atoms with Gasteiger partial charge in [0.25, 0.3) is 5.52 Å². The number of pyridine rings is 1. The van der Waals surface area contributed by atoms with Gasteiger partial charge in [-0.2, -0.15) is 4.57 Å². The van der Waals surface area contributed by atoms with Crippen molar-refractivity contribution in [1.29, 1.82) is 0 Å². The van der Waals surface area contributed by atoms with Gasteiger partial charge in [0.05, 0.1) is 0 Å². The SMILES string of the molecule is c1cc2c3c(c1)oc1ccc[n+](c13)Cn1ccnc1-2. The normalized spacial score (nSPS) is 13.1. The molecule has 4 heterocycles. The molecular weight excluding hydrogens is 238 g/mol. The highest BCUT2D eigenvalue weighted by molar-refractivity contribution is 6.08. The van der Waals surface area contributed by atoms with Gasteiger partial charge < -0.3 is 4.42 Å². The third kappa shape index (κ3) is 1.04. The van der Waals surface area contributed by atoms with Crippen molar-refractivity contribution in [2.45, 2.75) is 6.67 Å². The van der Waals surface area contributed by atoms with E-state index in [4.69, 9.17) is 4.42 Å². The number of furan rings is 1. The molecule has 1 aromatic carbocycles. The van der Waals surface area contributed by atoms with E-state index >= 15 is 0 Å². The van der Waals surface area contributed by atoms with Crippen LogP contribution < -0.4 is 4.57 Å². The number of fused-ring (bicyclic) bond motifs is 2. The van der Waals surface area contributed by atoms with Crippen LogP contribution >= 0.6 is 0 Å². The lowest BCUT2D eigenvalue weighted by Gasteiger charge is -2.01. The predicted octanol–water partition coefficient (Wildman–Crippen LogP) is 2.56. The number of rotatable bonds is 0. The minimum Gasteiger partial charge on any atom is -0.449 e. The molecule has 0 radical (unpaired) electrons. The van der Waals surface area contributed by atoms with E-state index in [2.05, 4.69) is 26.4 Å². The average molecular weight is 248 g/mol. The summed E-state index contributed by atoms with van der Waals surface area (Å²) in [6.07, 6.45) is 5.95. The summed E-state index contributed by atoms with van der Waals surface area (Å²) in [5.74, 6) is 0.997. The molecule has 0 spiro atoms. The summed E-state index contributed by atoms with van der Waals surface area (Å²) < 4.78 is 10.3. The van der Waals surface area contributed by atoms with Crippen LogP contribution in [0.3, 0.4) is 0 Å². The first kappa shape index (κ1) is 9.33. The Balaban J connectivity index is 2.14. The van der Waals surface area contributed by atoms with E-state index in [-0.39, 0.29) is 0 Å². The maximum Gasteiger partial charge on any atom is 0.261 e. The largest absolute Gasteiger partial charge is 0.449 e. The first-order chi connectivity index (χ1) is 9.42. The first-order valence-corrected chi connectivity index (χ1v) is 6.27. The maximum atomic E-state index is 5.94. The smallest absolute Gasteiger partial charge is 0.261 e. The molecule has 0 bridgehead atoms. The molecule has 4 aromatic rings. The zero-order valence-corrected chi connectivity index (χ0v) is 10.1. The summed E-state index contributed by atoms with van der Waals surface area (Å²) in [4.78, 5) is 4.50. The molecule has 1 aliphatic heterocycles. The number of hydrogen-bond donors (Lipinski definition) is 0. The van der Waals surface area contributed by atoms with Crippen LogP contribution in [0.15, 0.2) is 53.3 Å². The van der Waals surface area contributed by atoms with Crippen molar-refractivity contribution in [1.82, 2.24) is 9.55 Å². The van der Waals surface area contributed by atoms with Crippen LogP contribution in [0.4, 0.5) is 0 Å². The van der Waals surface area contributed by atoms with Gasteiger partial charge in [-0.25, -0.2) is 4.98 Å². The van der Waals surface area contributed by atoms with Crippen LogP contribution in [0.5, 0.6) is 0 Å². The zero-order chi connectivity index (χ0) is 12.4. The molecule has 90 valence electrons. The monoisotopic (exact) mass is 248 g/mol. The fraction of sp³-hybridized carbons (Fsp3) is 0.0667. The van der Waals surface area contributed by atoms with Crippen molar-refractivity contribution in [2.75, 3.05) is 0 Å². The summed E-state index contributed by atoms with van der Waals surface area (Å²) in [7, 11) is 0. The number of aromatic nitrogens is 3. The van der Waals surface area contributed by atoms with E-state index in [0.29, 0.717) is 0 Å². The van der Waals surface area contributed by atoms with Crippen LogP contribution in [0.25, 0.3) is 33.5 Å². The molecule has 0 atom stereocenters. The Bertz CT molecular complexity index is 949. The van der Waals surface area contributed by atoms with Crippen LogP contribution in [0.1, 0.15) is 0 Å². The summed E-state index contributed by atoms with van der Waals surface area (Å²) in [5, 5.41) is 1.16. The van der Waals surface area contributed by atoms with Gasteiger partial charge >= 0.3 is 0 Å². The molecule has 0 fully saturated rings. The molecule has 0 saturated carbocycles.